The zero-order chi connectivity index (χ0) is 16.0. The number of hydrogen-bond acceptors (Lipinski definition) is 3. The van der Waals surface area contributed by atoms with Gasteiger partial charge in [0.25, 0.3) is 0 Å². The van der Waals surface area contributed by atoms with Crippen molar-refractivity contribution in [1.29, 1.82) is 0 Å². The molecular formula is C14H26FNO4. The molecule has 1 unspecified atom stereocenters. The fourth-order valence-corrected chi connectivity index (χ4v) is 1.94. The monoisotopic (exact) mass is 291 g/mol. The van der Waals surface area contributed by atoms with E-state index in [0.29, 0.717) is 0 Å². The lowest BCUT2D eigenvalue weighted by Gasteiger charge is -2.33. The summed E-state index contributed by atoms with van der Waals surface area (Å²) in [4.78, 5) is 23.2. The number of carboxylic acids is 1. The summed E-state index contributed by atoms with van der Waals surface area (Å²) in [5.41, 5.74) is -1.82. The Bertz CT molecular complexity index is 339. The summed E-state index contributed by atoms with van der Waals surface area (Å²) >= 11 is 0. The van der Waals surface area contributed by atoms with E-state index in [1.165, 1.54) is 0 Å². The highest BCUT2D eigenvalue weighted by molar-refractivity contribution is 5.76. The van der Waals surface area contributed by atoms with E-state index in [-0.39, 0.29) is 25.3 Å². The molecule has 0 saturated heterocycles. The molecule has 0 aliphatic rings. The van der Waals surface area contributed by atoms with Crippen LogP contribution in [0.4, 0.5) is 9.18 Å². The Morgan fingerprint density at radius 1 is 1.30 bits per heavy atom. The van der Waals surface area contributed by atoms with E-state index in [2.05, 4.69) is 5.32 Å². The number of carbonyl (C=O) groups is 2. The van der Waals surface area contributed by atoms with Crippen molar-refractivity contribution in [3.8, 4) is 0 Å². The average Bonchev–Trinajstić information content (AvgIpc) is 2.26. The molecule has 0 radical (unpaired) electrons. The molecule has 0 fully saturated rings. The predicted molar refractivity (Wildman–Crippen MR) is 74.4 cm³/mol. The van der Waals surface area contributed by atoms with Crippen LogP contribution in [0.1, 0.15) is 47.5 Å². The molecule has 0 bridgehead atoms. The average molecular weight is 291 g/mol. The van der Waals surface area contributed by atoms with Gasteiger partial charge in [0.2, 0.25) is 0 Å². The lowest BCUT2D eigenvalue weighted by molar-refractivity contribution is -0.152. The van der Waals surface area contributed by atoms with Gasteiger partial charge in [0.1, 0.15) is 5.60 Å². The molecule has 0 aliphatic carbocycles. The largest absolute Gasteiger partial charge is 0.481 e. The molecule has 2 N–H and O–H groups in total. The van der Waals surface area contributed by atoms with Crippen LogP contribution in [-0.2, 0) is 9.53 Å². The first-order valence-electron chi connectivity index (χ1n) is 6.81. The van der Waals surface area contributed by atoms with Gasteiger partial charge in [0, 0.05) is 6.54 Å². The van der Waals surface area contributed by atoms with E-state index in [0.717, 1.165) is 0 Å². The molecule has 0 saturated carbocycles. The summed E-state index contributed by atoms with van der Waals surface area (Å²) in [6.07, 6.45) is -0.337. The Hall–Kier alpha value is -1.33. The van der Waals surface area contributed by atoms with Gasteiger partial charge in [0.05, 0.1) is 12.1 Å². The van der Waals surface area contributed by atoms with Gasteiger partial charge in [-0.05, 0) is 39.5 Å². The number of halogens is 1. The number of aliphatic carboxylic acids is 1. The van der Waals surface area contributed by atoms with E-state index < -0.39 is 29.8 Å². The van der Waals surface area contributed by atoms with Crippen molar-refractivity contribution in [2.45, 2.75) is 53.1 Å². The van der Waals surface area contributed by atoms with Gasteiger partial charge in [-0.3, -0.25) is 9.18 Å². The normalized spacial score (nSPS) is 14.8. The Morgan fingerprint density at radius 2 is 1.85 bits per heavy atom. The third-order valence-corrected chi connectivity index (χ3v) is 3.23. The molecule has 5 nitrogen and oxygen atoms in total. The maximum atomic E-state index is 12.4. The highest BCUT2D eigenvalue weighted by atomic mass is 19.1. The Kier molecular flexibility index (Phi) is 6.96. The highest BCUT2D eigenvalue weighted by Gasteiger charge is 2.41. The van der Waals surface area contributed by atoms with Crippen LogP contribution in [0, 0.1) is 11.3 Å². The zero-order valence-corrected chi connectivity index (χ0v) is 13.0. The quantitative estimate of drug-likeness (QED) is 0.756. The van der Waals surface area contributed by atoms with Gasteiger partial charge in [-0.1, -0.05) is 13.8 Å². The van der Waals surface area contributed by atoms with Crippen molar-refractivity contribution in [2.75, 3.05) is 13.2 Å². The van der Waals surface area contributed by atoms with Crippen LogP contribution in [0.15, 0.2) is 0 Å². The Balaban J connectivity index is 4.81. The lowest BCUT2D eigenvalue weighted by Crippen LogP contribution is -2.47. The van der Waals surface area contributed by atoms with E-state index >= 15 is 0 Å². The van der Waals surface area contributed by atoms with Gasteiger partial charge in [-0.15, -0.1) is 0 Å². The molecular weight excluding hydrogens is 265 g/mol. The minimum Gasteiger partial charge on any atom is -0.481 e. The zero-order valence-electron chi connectivity index (χ0n) is 13.0. The van der Waals surface area contributed by atoms with Gasteiger partial charge in [-0.2, -0.15) is 0 Å². The van der Waals surface area contributed by atoms with Gasteiger partial charge >= 0.3 is 12.1 Å². The molecule has 0 aromatic rings. The molecule has 118 valence electrons. The second kappa shape index (κ2) is 7.45. The van der Waals surface area contributed by atoms with Crippen LogP contribution < -0.4 is 5.32 Å². The predicted octanol–water partition coefficient (Wildman–Crippen LogP) is 2.99. The number of hydrogen-bond donors (Lipinski definition) is 2. The maximum absolute atomic E-state index is 12.4. The minimum absolute atomic E-state index is 0.0745. The molecule has 0 rings (SSSR count). The van der Waals surface area contributed by atoms with Gasteiger partial charge in [-0.25, -0.2) is 4.79 Å². The van der Waals surface area contributed by atoms with Crippen LogP contribution in [0.3, 0.4) is 0 Å². The topological polar surface area (TPSA) is 75.6 Å². The standard InChI is InChI=1S/C14H26FNO4/c1-10(2)14(11(17)18,7-6-8-15)9-16-12(19)20-13(3,4)5/h10H,6-9H2,1-5H3,(H,16,19)(H,17,18). The van der Waals surface area contributed by atoms with Crippen molar-refractivity contribution in [1.82, 2.24) is 5.32 Å². The number of amides is 1. The number of carbonyl (C=O) groups excluding carboxylic acids is 1. The fraction of sp³-hybridized carbons (Fsp3) is 0.857. The first-order chi connectivity index (χ1) is 9.05. The number of carboxylic acid groups (broad SMARTS) is 1. The van der Waals surface area contributed by atoms with Crippen molar-refractivity contribution < 1.29 is 23.8 Å². The number of alkyl carbamates (subject to hydrolysis) is 1. The molecule has 0 aromatic heterocycles. The van der Waals surface area contributed by atoms with Crippen LogP contribution in [0.5, 0.6) is 0 Å². The van der Waals surface area contributed by atoms with E-state index in [9.17, 15) is 19.1 Å². The Morgan fingerprint density at radius 3 is 2.20 bits per heavy atom. The van der Waals surface area contributed by atoms with Gasteiger partial charge in [0.15, 0.2) is 0 Å². The number of nitrogens with one attached hydrogen (secondary N) is 1. The molecule has 1 amide bonds. The SMILES string of the molecule is CC(C)C(CCCF)(CNC(=O)OC(C)(C)C)C(=O)O. The molecule has 20 heavy (non-hydrogen) atoms. The third-order valence-electron chi connectivity index (χ3n) is 3.23. The van der Waals surface area contributed by atoms with Crippen molar-refractivity contribution in [3.63, 3.8) is 0 Å². The van der Waals surface area contributed by atoms with Crippen LogP contribution >= 0.6 is 0 Å². The first-order valence-corrected chi connectivity index (χ1v) is 6.81. The van der Waals surface area contributed by atoms with Crippen molar-refractivity contribution >= 4 is 12.1 Å². The summed E-state index contributed by atoms with van der Waals surface area (Å²) in [6.45, 7) is 8.03. The first kappa shape index (κ1) is 18.7. The van der Waals surface area contributed by atoms with Crippen LogP contribution in [0.25, 0.3) is 0 Å². The minimum atomic E-state index is -1.18. The molecule has 0 heterocycles. The second-order valence-corrected chi connectivity index (χ2v) is 6.26. The second-order valence-electron chi connectivity index (χ2n) is 6.26. The summed E-state index contributed by atoms with van der Waals surface area (Å²) in [5, 5.41) is 11.9. The van der Waals surface area contributed by atoms with E-state index in [4.69, 9.17) is 4.74 Å². The molecule has 6 heteroatoms. The fourth-order valence-electron chi connectivity index (χ4n) is 1.94. The summed E-state index contributed by atoms with van der Waals surface area (Å²) < 4.78 is 17.4. The van der Waals surface area contributed by atoms with Crippen LogP contribution in [0.2, 0.25) is 0 Å². The number of rotatable bonds is 7. The molecule has 1 atom stereocenters. The molecule has 0 spiro atoms. The van der Waals surface area contributed by atoms with Crippen molar-refractivity contribution in [2.24, 2.45) is 11.3 Å². The van der Waals surface area contributed by atoms with Crippen molar-refractivity contribution in [3.05, 3.63) is 0 Å². The van der Waals surface area contributed by atoms with Gasteiger partial charge < -0.3 is 15.2 Å². The maximum Gasteiger partial charge on any atom is 0.407 e. The molecule has 0 aromatic carbocycles. The van der Waals surface area contributed by atoms with E-state index in [1.807, 2.05) is 0 Å². The smallest absolute Gasteiger partial charge is 0.407 e. The summed E-state index contributed by atoms with van der Waals surface area (Å²) in [5.74, 6) is -1.27. The summed E-state index contributed by atoms with van der Waals surface area (Å²) in [7, 11) is 0. The lowest BCUT2D eigenvalue weighted by atomic mass is 9.73. The van der Waals surface area contributed by atoms with E-state index in [1.54, 1.807) is 34.6 Å². The van der Waals surface area contributed by atoms with Crippen LogP contribution in [-0.4, -0.2) is 36.0 Å². The highest BCUT2D eigenvalue weighted by Crippen LogP contribution is 2.33. The summed E-state index contributed by atoms with van der Waals surface area (Å²) in [6, 6.07) is 0. The number of ether oxygens (including phenoxy) is 1. The Labute approximate surface area is 119 Å². The number of alkyl halides is 1. The third kappa shape index (κ3) is 5.75. The molecule has 0 aliphatic heterocycles.